The van der Waals surface area contributed by atoms with E-state index in [-0.39, 0.29) is 24.4 Å². The molecule has 0 amide bonds. The first-order chi connectivity index (χ1) is 18.3. The van der Waals surface area contributed by atoms with Crippen LogP contribution in [0.25, 0.3) is 0 Å². The Morgan fingerprint density at radius 2 is 0.816 bits per heavy atom. The summed E-state index contributed by atoms with van der Waals surface area (Å²) in [5, 5.41) is 0. The summed E-state index contributed by atoms with van der Waals surface area (Å²) in [7, 11) is 0. The van der Waals surface area contributed by atoms with Gasteiger partial charge in [-0.1, -0.05) is 54.4 Å². The molecular formula is C32H60O6. The fourth-order valence-corrected chi connectivity index (χ4v) is 7.29. The fraction of sp³-hybridized carbons (Fsp3) is 1.00. The molecule has 3 aliphatic rings. The molecule has 0 spiro atoms. The van der Waals surface area contributed by atoms with E-state index in [9.17, 15) is 0 Å². The predicted molar refractivity (Wildman–Crippen MR) is 153 cm³/mol. The summed E-state index contributed by atoms with van der Waals surface area (Å²) in [5.74, 6) is 1.34. The number of fused-ring (bicyclic) bond motifs is 2. The van der Waals surface area contributed by atoms with Crippen LogP contribution in [0.5, 0.6) is 0 Å². The average Bonchev–Trinajstić information content (AvgIpc) is 2.88. The van der Waals surface area contributed by atoms with Gasteiger partial charge < -0.3 is 28.4 Å². The lowest BCUT2D eigenvalue weighted by Crippen LogP contribution is -2.43. The molecule has 6 atom stereocenters. The highest BCUT2D eigenvalue weighted by molar-refractivity contribution is 4.90. The average molecular weight is 541 g/mol. The van der Waals surface area contributed by atoms with Crippen LogP contribution in [0.4, 0.5) is 0 Å². The summed E-state index contributed by atoms with van der Waals surface area (Å²) in [6, 6.07) is 0. The van der Waals surface area contributed by atoms with Gasteiger partial charge in [0.2, 0.25) is 0 Å². The number of rotatable bonds is 6. The van der Waals surface area contributed by atoms with Gasteiger partial charge in [-0.2, -0.15) is 0 Å². The molecule has 0 bridgehead atoms. The van der Waals surface area contributed by atoms with Crippen molar-refractivity contribution in [3.8, 4) is 0 Å². The first-order valence-electron chi connectivity index (χ1n) is 15.9. The second-order valence-electron chi connectivity index (χ2n) is 13.4. The van der Waals surface area contributed by atoms with Gasteiger partial charge in [0.1, 0.15) is 0 Å². The van der Waals surface area contributed by atoms with E-state index >= 15 is 0 Å². The third-order valence-electron chi connectivity index (χ3n) is 9.70. The van der Waals surface area contributed by atoms with Crippen LogP contribution in [0.1, 0.15) is 106 Å². The summed E-state index contributed by atoms with van der Waals surface area (Å²) in [4.78, 5) is 0. The van der Waals surface area contributed by atoms with Gasteiger partial charge in [-0.25, -0.2) is 0 Å². The van der Waals surface area contributed by atoms with E-state index in [1.807, 2.05) is 0 Å². The summed E-state index contributed by atoms with van der Waals surface area (Å²) in [6.45, 7) is 19.1. The lowest BCUT2D eigenvalue weighted by Gasteiger charge is -2.43. The maximum Gasteiger partial charge on any atom is 0.0840 e. The molecule has 1 saturated heterocycles. The molecule has 0 aromatic heterocycles. The molecule has 0 aromatic carbocycles. The van der Waals surface area contributed by atoms with Crippen molar-refractivity contribution in [3.05, 3.63) is 0 Å². The van der Waals surface area contributed by atoms with Crippen LogP contribution in [0.3, 0.4) is 0 Å². The van der Waals surface area contributed by atoms with Gasteiger partial charge in [0.25, 0.3) is 0 Å². The van der Waals surface area contributed by atoms with Crippen LogP contribution in [0.15, 0.2) is 0 Å². The fourth-order valence-electron chi connectivity index (χ4n) is 7.29. The zero-order valence-corrected chi connectivity index (χ0v) is 25.6. The lowest BCUT2D eigenvalue weighted by atomic mass is 9.67. The molecule has 3 fully saturated rings. The highest BCUT2D eigenvalue weighted by atomic mass is 16.6. The SMILES string of the molecule is CCCC(C)(C)C1CCC2OCCOCCOC3CCC(C(C)(C)CCC)CC3OCCOCCOC2C1. The highest BCUT2D eigenvalue weighted by Gasteiger charge is 2.40. The summed E-state index contributed by atoms with van der Waals surface area (Å²) < 4.78 is 37.3. The molecule has 224 valence electrons. The predicted octanol–water partition coefficient (Wildman–Crippen LogP) is 6.83. The van der Waals surface area contributed by atoms with Crippen molar-refractivity contribution in [2.45, 2.75) is 130 Å². The minimum atomic E-state index is 0.123. The van der Waals surface area contributed by atoms with Gasteiger partial charge in [0.05, 0.1) is 77.3 Å². The Hall–Kier alpha value is -0.240. The maximum absolute atomic E-state index is 6.40. The van der Waals surface area contributed by atoms with Gasteiger partial charge in [0.15, 0.2) is 0 Å². The smallest absolute Gasteiger partial charge is 0.0840 e. The van der Waals surface area contributed by atoms with Crippen LogP contribution in [0, 0.1) is 22.7 Å². The van der Waals surface area contributed by atoms with Crippen molar-refractivity contribution in [1.29, 1.82) is 0 Å². The molecule has 0 N–H and O–H groups in total. The number of hydrogen-bond donors (Lipinski definition) is 0. The van der Waals surface area contributed by atoms with Gasteiger partial charge in [-0.3, -0.25) is 0 Å². The van der Waals surface area contributed by atoms with Crippen LogP contribution in [-0.2, 0) is 28.4 Å². The van der Waals surface area contributed by atoms with E-state index in [4.69, 9.17) is 28.4 Å². The zero-order valence-electron chi connectivity index (χ0n) is 25.6. The third-order valence-corrected chi connectivity index (χ3v) is 9.70. The first-order valence-corrected chi connectivity index (χ1v) is 15.9. The largest absolute Gasteiger partial charge is 0.377 e. The van der Waals surface area contributed by atoms with Crippen molar-refractivity contribution < 1.29 is 28.4 Å². The van der Waals surface area contributed by atoms with E-state index in [0.717, 1.165) is 25.7 Å². The first kappa shape index (κ1) is 32.3. The van der Waals surface area contributed by atoms with Crippen molar-refractivity contribution in [3.63, 3.8) is 0 Å². The molecule has 1 heterocycles. The summed E-state index contributed by atoms with van der Waals surface area (Å²) >= 11 is 0. The number of ether oxygens (including phenoxy) is 6. The Morgan fingerprint density at radius 3 is 1.16 bits per heavy atom. The topological polar surface area (TPSA) is 55.4 Å². The molecule has 1 aliphatic heterocycles. The van der Waals surface area contributed by atoms with Gasteiger partial charge in [0, 0.05) is 0 Å². The summed E-state index contributed by atoms with van der Waals surface area (Å²) in [5.41, 5.74) is 0.682. The standard InChI is InChI=1S/C32H60O6/c1-7-13-31(3,4)25-9-11-27-29(23-25)37-21-17-34-18-22-38-30-24-26(32(5,6)14-8-2)10-12-28(30)36-20-16-33-15-19-35-27/h25-30H,7-24H2,1-6H3. The summed E-state index contributed by atoms with van der Waals surface area (Å²) in [6.07, 6.45) is 12.1. The highest BCUT2D eigenvalue weighted by Crippen LogP contribution is 2.44. The van der Waals surface area contributed by atoms with E-state index in [0.29, 0.717) is 75.5 Å². The molecule has 2 aliphatic carbocycles. The Kier molecular flexibility index (Phi) is 13.8. The van der Waals surface area contributed by atoms with Crippen LogP contribution in [-0.4, -0.2) is 77.3 Å². The molecule has 6 nitrogen and oxygen atoms in total. The van der Waals surface area contributed by atoms with Crippen LogP contribution in [0.2, 0.25) is 0 Å². The minimum Gasteiger partial charge on any atom is -0.377 e. The second kappa shape index (κ2) is 16.3. The molecular weight excluding hydrogens is 480 g/mol. The second-order valence-corrected chi connectivity index (χ2v) is 13.4. The molecule has 3 rings (SSSR count). The zero-order chi connectivity index (χ0) is 27.4. The lowest BCUT2D eigenvalue weighted by molar-refractivity contribution is -0.144. The molecule has 38 heavy (non-hydrogen) atoms. The molecule has 0 radical (unpaired) electrons. The monoisotopic (exact) mass is 540 g/mol. The molecule has 6 heteroatoms. The molecule has 2 saturated carbocycles. The van der Waals surface area contributed by atoms with Crippen molar-refractivity contribution in [1.82, 2.24) is 0 Å². The Labute approximate surface area is 234 Å². The minimum absolute atomic E-state index is 0.123. The third kappa shape index (κ3) is 9.99. The van der Waals surface area contributed by atoms with Crippen LogP contribution >= 0.6 is 0 Å². The molecule has 6 unspecified atom stereocenters. The Balaban J connectivity index is 1.53. The van der Waals surface area contributed by atoms with Gasteiger partial charge in [-0.05, 0) is 74.0 Å². The molecule has 0 aromatic rings. The van der Waals surface area contributed by atoms with E-state index in [2.05, 4.69) is 41.5 Å². The van der Waals surface area contributed by atoms with Gasteiger partial charge >= 0.3 is 0 Å². The quantitative estimate of drug-likeness (QED) is 0.368. The van der Waals surface area contributed by atoms with Crippen LogP contribution < -0.4 is 0 Å². The van der Waals surface area contributed by atoms with E-state index in [1.54, 1.807) is 0 Å². The normalized spacial score (nSPS) is 33.9. The number of hydrogen-bond acceptors (Lipinski definition) is 6. The van der Waals surface area contributed by atoms with E-state index < -0.39 is 0 Å². The Morgan fingerprint density at radius 1 is 0.474 bits per heavy atom. The Bertz CT molecular complexity index is 585. The van der Waals surface area contributed by atoms with Crippen molar-refractivity contribution in [2.24, 2.45) is 22.7 Å². The van der Waals surface area contributed by atoms with Gasteiger partial charge in [-0.15, -0.1) is 0 Å². The maximum atomic E-state index is 6.40. The van der Waals surface area contributed by atoms with Crippen molar-refractivity contribution >= 4 is 0 Å². The van der Waals surface area contributed by atoms with E-state index in [1.165, 1.54) is 38.5 Å². The van der Waals surface area contributed by atoms with Crippen molar-refractivity contribution in [2.75, 3.05) is 52.9 Å².